The maximum absolute atomic E-state index is 12.4. The fourth-order valence-electron chi connectivity index (χ4n) is 2.57. The van der Waals surface area contributed by atoms with Crippen molar-refractivity contribution in [2.24, 2.45) is 0 Å². The molecule has 0 heterocycles. The third kappa shape index (κ3) is 4.38. The minimum absolute atomic E-state index is 0.00119. The topological polar surface area (TPSA) is 61.4 Å². The van der Waals surface area contributed by atoms with Crippen LogP contribution < -0.4 is 10.6 Å². The van der Waals surface area contributed by atoms with Crippen LogP contribution in [0.4, 0.5) is 0 Å². The lowest BCUT2D eigenvalue weighted by atomic mass is 10.1. The zero-order valence-electron chi connectivity index (χ0n) is 13.8. The molecule has 126 valence electrons. The summed E-state index contributed by atoms with van der Waals surface area (Å²) in [6, 6.07) is 19.5. The number of hydrogen-bond donors (Lipinski definition) is 3. The maximum Gasteiger partial charge on any atom is 0.252 e. The molecular weight excluding hydrogens is 312 g/mol. The number of carbonyl (C=O) groups is 1. The van der Waals surface area contributed by atoms with Crippen LogP contribution in [0.5, 0.6) is 0 Å². The van der Waals surface area contributed by atoms with Gasteiger partial charge in [-0.1, -0.05) is 66.7 Å². The Labute approximate surface area is 147 Å². The highest BCUT2D eigenvalue weighted by Crippen LogP contribution is 2.21. The van der Waals surface area contributed by atoms with Crippen LogP contribution in [0.15, 0.2) is 95.9 Å². The molecule has 1 amide bonds. The Morgan fingerprint density at radius 3 is 2.00 bits per heavy atom. The van der Waals surface area contributed by atoms with Gasteiger partial charge in [0.2, 0.25) is 0 Å². The Balaban J connectivity index is 1.62. The summed E-state index contributed by atoms with van der Waals surface area (Å²) in [5.74, 6) is -0.212. The van der Waals surface area contributed by atoms with Gasteiger partial charge in [-0.25, -0.2) is 0 Å². The van der Waals surface area contributed by atoms with Crippen LogP contribution in [-0.2, 0) is 17.9 Å². The van der Waals surface area contributed by atoms with Gasteiger partial charge in [-0.05, 0) is 23.3 Å². The van der Waals surface area contributed by atoms with Crippen LogP contribution in [0.3, 0.4) is 0 Å². The lowest BCUT2D eigenvalue weighted by Crippen LogP contribution is -2.26. The van der Waals surface area contributed by atoms with E-state index in [-0.39, 0.29) is 11.8 Å². The van der Waals surface area contributed by atoms with Crippen LogP contribution in [0.1, 0.15) is 11.1 Å². The quantitative estimate of drug-likeness (QED) is 0.711. The van der Waals surface area contributed by atoms with E-state index in [1.807, 2.05) is 60.7 Å². The fraction of sp³-hybridized carbons (Fsp3) is 0.0952. The molecule has 25 heavy (non-hydrogen) atoms. The molecule has 0 saturated heterocycles. The van der Waals surface area contributed by atoms with Gasteiger partial charge in [0.05, 0.1) is 5.57 Å². The van der Waals surface area contributed by atoms with E-state index in [0.717, 1.165) is 11.1 Å². The van der Waals surface area contributed by atoms with E-state index in [1.54, 1.807) is 18.2 Å². The third-order valence-electron chi connectivity index (χ3n) is 3.91. The lowest BCUT2D eigenvalue weighted by molar-refractivity contribution is -0.117. The van der Waals surface area contributed by atoms with Crippen molar-refractivity contribution in [3.63, 3.8) is 0 Å². The first kappa shape index (κ1) is 16.6. The molecule has 2 aromatic carbocycles. The summed E-state index contributed by atoms with van der Waals surface area (Å²) in [7, 11) is 0. The predicted octanol–water partition coefficient (Wildman–Crippen LogP) is 3.36. The normalized spacial score (nSPS) is 14.8. The van der Waals surface area contributed by atoms with Crippen LogP contribution in [0, 0.1) is 0 Å². The fourth-order valence-corrected chi connectivity index (χ4v) is 2.57. The van der Waals surface area contributed by atoms with Gasteiger partial charge in [-0.15, -0.1) is 0 Å². The van der Waals surface area contributed by atoms with E-state index in [9.17, 15) is 9.90 Å². The standard InChI is InChI=1S/C21H20N2O2/c24-20(22-14-16-8-3-1-4-9-16)18-12-7-13-19(18)21(25)23-15-17-10-5-2-6-11-17/h1-13,22,24H,14-15H2,(H,23,25). The largest absolute Gasteiger partial charge is 0.494 e. The van der Waals surface area contributed by atoms with Crippen molar-refractivity contribution in [3.8, 4) is 0 Å². The maximum atomic E-state index is 12.4. The van der Waals surface area contributed by atoms with Crippen LogP contribution >= 0.6 is 0 Å². The first-order chi connectivity index (χ1) is 12.2. The summed E-state index contributed by atoms with van der Waals surface area (Å²) in [5.41, 5.74) is 3.03. The highest BCUT2D eigenvalue weighted by atomic mass is 16.3. The predicted molar refractivity (Wildman–Crippen MR) is 98.4 cm³/mol. The van der Waals surface area contributed by atoms with Crippen LogP contribution in [0.25, 0.3) is 0 Å². The average Bonchev–Trinajstić information content (AvgIpc) is 3.16. The minimum atomic E-state index is -0.211. The van der Waals surface area contributed by atoms with Gasteiger partial charge < -0.3 is 15.7 Å². The number of hydrogen-bond acceptors (Lipinski definition) is 3. The molecule has 4 heteroatoms. The van der Waals surface area contributed by atoms with Crippen molar-refractivity contribution in [2.75, 3.05) is 0 Å². The summed E-state index contributed by atoms with van der Waals surface area (Å²) < 4.78 is 0. The summed E-state index contributed by atoms with van der Waals surface area (Å²) >= 11 is 0. The van der Waals surface area contributed by atoms with Crippen molar-refractivity contribution >= 4 is 5.91 Å². The number of rotatable bonds is 6. The van der Waals surface area contributed by atoms with Gasteiger partial charge in [-0.2, -0.15) is 0 Å². The number of benzene rings is 2. The molecule has 2 aromatic rings. The van der Waals surface area contributed by atoms with E-state index in [2.05, 4.69) is 10.6 Å². The van der Waals surface area contributed by atoms with Gasteiger partial charge in [0.25, 0.3) is 5.91 Å². The summed E-state index contributed by atoms with van der Waals surface area (Å²) in [5, 5.41) is 16.2. The van der Waals surface area contributed by atoms with Crippen molar-refractivity contribution < 1.29 is 9.90 Å². The van der Waals surface area contributed by atoms with E-state index >= 15 is 0 Å². The Morgan fingerprint density at radius 1 is 0.840 bits per heavy atom. The second kappa shape index (κ2) is 8.02. The van der Waals surface area contributed by atoms with E-state index in [0.29, 0.717) is 24.2 Å². The van der Waals surface area contributed by atoms with E-state index in [1.165, 1.54) is 0 Å². The lowest BCUT2D eigenvalue weighted by Gasteiger charge is -2.11. The van der Waals surface area contributed by atoms with Crippen molar-refractivity contribution in [3.05, 3.63) is 107 Å². The van der Waals surface area contributed by atoms with E-state index < -0.39 is 0 Å². The molecule has 0 bridgehead atoms. The second-order valence-corrected chi connectivity index (χ2v) is 5.71. The first-order valence-electron chi connectivity index (χ1n) is 8.16. The molecule has 0 aromatic heterocycles. The van der Waals surface area contributed by atoms with Gasteiger partial charge in [-0.3, -0.25) is 4.79 Å². The molecule has 1 aliphatic rings. The summed E-state index contributed by atoms with van der Waals surface area (Å²) in [4.78, 5) is 12.4. The van der Waals surface area contributed by atoms with Crippen molar-refractivity contribution in [1.82, 2.24) is 10.6 Å². The van der Waals surface area contributed by atoms with E-state index in [4.69, 9.17) is 0 Å². The molecule has 0 atom stereocenters. The van der Waals surface area contributed by atoms with Gasteiger partial charge >= 0.3 is 0 Å². The SMILES string of the molecule is O=C(NCc1ccccc1)C1=CC=CC1=C(O)NCc1ccccc1. The Morgan fingerprint density at radius 2 is 1.40 bits per heavy atom. The molecule has 0 unspecified atom stereocenters. The first-order valence-corrected chi connectivity index (χ1v) is 8.16. The Kier molecular flexibility index (Phi) is 5.32. The zero-order valence-corrected chi connectivity index (χ0v) is 13.8. The highest BCUT2D eigenvalue weighted by Gasteiger charge is 2.19. The molecule has 3 N–H and O–H groups in total. The molecule has 1 aliphatic carbocycles. The van der Waals surface area contributed by atoms with Gasteiger partial charge in [0.15, 0.2) is 5.88 Å². The molecule has 0 saturated carbocycles. The van der Waals surface area contributed by atoms with Crippen LogP contribution in [-0.4, -0.2) is 11.0 Å². The van der Waals surface area contributed by atoms with Crippen molar-refractivity contribution in [2.45, 2.75) is 13.1 Å². The molecule has 0 spiro atoms. The second-order valence-electron chi connectivity index (χ2n) is 5.71. The highest BCUT2D eigenvalue weighted by molar-refractivity contribution is 6.00. The number of carbonyl (C=O) groups excluding carboxylic acids is 1. The smallest absolute Gasteiger partial charge is 0.252 e. The minimum Gasteiger partial charge on any atom is -0.494 e. The van der Waals surface area contributed by atoms with Crippen molar-refractivity contribution in [1.29, 1.82) is 0 Å². The third-order valence-corrected chi connectivity index (χ3v) is 3.91. The van der Waals surface area contributed by atoms with Gasteiger partial charge in [0, 0.05) is 18.7 Å². The molecule has 0 fully saturated rings. The number of nitrogens with one attached hydrogen (secondary N) is 2. The zero-order chi connectivity index (χ0) is 17.5. The number of allylic oxidation sites excluding steroid dienone is 3. The number of aliphatic hydroxyl groups excluding tert-OH is 1. The molecule has 0 radical (unpaired) electrons. The summed E-state index contributed by atoms with van der Waals surface area (Å²) in [6.07, 6.45) is 5.19. The van der Waals surface area contributed by atoms with Crippen LogP contribution in [0.2, 0.25) is 0 Å². The molecule has 4 nitrogen and oxygen atoms in total. The molecule has 3 rings (SSSR count). The van der Waals surface area contributed by atoms with Gasteiger partial charge in [0.1, 0.15) is 0 Å². The molecule has 0 aliphatic heterocycles. The number of aliphatic hydroxyl groups is 1. The number of amides is 1. The monoisotopic (exact) mass is 332 g/mol. The Hall–Kier alpha value is -3.27. The molecular formula is C21H20N2O2. The average molecular weight is 332 g/mol. The summed E-state index contributed by atoms with van der Waals surface area (Å²) in [6.45, 7) is 0.936. The Bertz CT molecular complexity index is 821.